The zero-order valence-corrected chi connectivity index (χ0v) is 7.82. The van der Waals surface area contributed by atoms with Crippen molar-refractivity contribution in [1.29, 1.82) is 0 Å². The van der Waals surface area contributed by atoms with Gasteiger partial charge in [0, 0.05) is 12.6 Å². The van der Waals surface area contributed by atoms with E-state index in [1.807, 2.05) is 25.8 Å². The van der Waals surface area contributed by atoms with Gasteiger partial charge in [-0.2, -0.15) is 0 Å². The average Bonchev–Trinajstić information content (AvgIpc) is 1.98. The van der Waals surface area contributed by atoms with E-state index in [4.69, 9.17) is 10.2 Å². The zero-order valence-electron chi connectivity index (χ0n) is 7.82. The fourth-order valence-electron chi connectivity index (χ4n) is 0.708. The number of hydrogen-bond donors (Lipinski definition) is 2. The van der Waals surface area contributed by atoms with E-state index in [9.17, 15) is 4.79 Å². The quantitative estimate of drug-likeness (QED) is 0.625. The smallest absolute Gasteiger partial charge is 0.332 e. The summed E-state index contributed by atoms with van der Waals surface area (Å²) in [5, 5.41) is 17.3. The number of aliphatic hydroxyl groups is 1. The number of nitrogens with zero attached hydrogens (tertiary/aromatic N) is 1. The summed E-state index contributed by atoms with van der Waals surface area (Å²) in [6, 6.07) is 0.381. The second-order valence-electron chi connectivity index (χ2n) is 3.22. The Balaban J connectivity index is 3.61. The Morgan fingerprint density at radius 2 is 2.00 bits per heavy atom. The van der Waals surface area contributed by atoms with Gasteiger partial charge in [0.25, 0.3) is 0 Å². The highest BCUT2D eigenvalue weighted by molar-refractivity contribution is 5.71. The van der Waals surface area contributed by atoms with Gasteiger partial charge in [0.1, 0.15) is 0 Å². The number of aliphatic hydroxyl groups excluding tert-OH is 1. The fourth-order valence-corrected chi connectivity index (χ4v) is 0.708. The minimum absolute atomic E-state index is 0.282. The molecular weight excluding hydrogens is 158 g/mol. The van der Waals surface area contributed by atoms with Crippen molar-refractivity contribution in [3.8, 4) is 0 Å². The molecule has 4 nitrogen and oxygen atoms in total. The highest BCUT2D eigenvalue weighted by Crippen LogP contribution is 1.98. The molecule has 2 N–H and O–H groups in total. The highest BCUT2D eigenvalue weighted by atomic mass is 16.4. The largest absolute Gasteiger partial charge is 0.479 e. The molecule has 0 saturated heterocycles. The van der Waals surface area contributed by atoms with E-state index in [1.54, 1.807) is 0 Å². The molecule has 0 aromatic rings. The van der Waals surface area contributed by atoms with Crippen LogP contribution in [0.15, 0.2) is 0 Å². The first-order valence-corrected chi connectivity index (χ1v) is 4.06. The summed E-state index contributed by atoms with van der Waals surface area (Å²) in [6.07, 6.45) is -0.949. The Hall–Kier alpha value is -0.610. The van der Waals surface area contributed by atoms with Crippen molar-refractivity contribution in [3.05, 3.63) is 0 Å². The molecule has 12 heavy (non-hydrogen) atoms. The average molecular weight is 175 g/mol. The second-order valence-corrected chi connectivity index (χ2v) is 3.22. The summed E-state index contributed by atoms with van der Waals surface area (Å²) in [6.45, 7) is 4.64. The van der Waals surface area contributed by atoms with Gasteiger partial charge in [-0.25, -0.2) is 4.79 Å². The molecule has 0 radical (unpaired) electrons. The number of carboxylic acids is 1. The lowest BCUT2D eigenvalue weighted by molar-refractivity contribution is -0.147. The van der Waals surface area contributed by atoms with Crippen molar-refractivity contribution in [2.24, 2.45) is 0 Å². The van der Waals surface area contributed by atoms with Crippen molar-refractivity contribution in [3.63, 3.8) is 0 Å². The van der Waals surface area contributed by atoms with Crippen LogP contribution in [0.4, 0.5) is 0 Å². The first-order chi connectivity index (χ1) is 5.45. The third-order valence-electron chi connectivity index (χ3n) is 1.92. The van der Waals surface area contributed by atoms with E-state index in [-0.39, 0.29) is 6.42 Å². The third kappa shape index (κ3) is 4.31. The van der Waals surface area contributed by atoms with Crippen LogP contribution in [0.25, 0.3) is 0 Å². The van der Waals surface area contributed by atoms with Crippen LogP contribution in [0.1, 0.15) is 20.3 Å². The van der Waals surface area contributed by atoms with Gasteiger partial charge >= 0.3 is 5.97 Å². The van der Waals surface area contributed by atoms with Crippen molar-refractivity contribution in [2.45, 2.75) is 32.4 Å². The van der Waals surface area contributed by atoms with Crippen LogP contribution < -0.4 is 0 Å². The molecule has 0 fully saturated rings. The van der Waals surface area contributed by atoms with Crippen LogP contribution >= 0.6 is 0 Å². The van der Waals surface area contributed by atoms with Crippen molar-refractivity contribution >= 4 is 5.97 Å². The first kappa shape index (κ1) is 11.4. The Morgan fingerprint density at radius 1 is 1.50 bits per heavy atom. The van der Waals surface area contributed by atoms with E-state index < -0.39 is 12.1 Å². The number of rotatable bonds is 5. The number of hydrogen-bond acceptors (Lipinski definition) is 3. The number of carbonyl (C=O) groups is 1. The van der Waals surface area contributed by atoms with Crippen molar-refractivity contribution in [1.82, 2.24) is 4.90 Å². The predicted molar refractivity (Wildman–Crippen MR) is 46.0 cm³/mol. The molecule has 1 atom stereocenters. The Bertz CT molecular complexity index is 147. The maximum Gasteiger partial charge on any atom is 0.332 e. The van der Waals surface area contributed by atoms with Crippen LogP contribution in [-0.4, -0.2) is 46.8 Å². The molecule has 0 aliphatic rings. The fraction of sp³-hybridized carbons (Fsp3) is 0.875. The van der Waals surface area contributed by atoms with Crippen molar-refractivity contribution in [2.75, 3.05) is 13.6 Å². The standard InChI is InChI=1S/C8H17NO3/c1-6(2)9(3)5-4-7(10)8(11)12/h6-7,10H,4-5H2,1-3H3,(H,11,12). The molecule has 4 heteroatoms. The molecule has 0 aromatic heterocycles. The molecule has 1 unspecified atom stereocenters. The van der Waals surface area contributed by atoms with Gasteiger partial charge < -0.3 is 15.1 Å². The van der Waals surface area contributed by atoms with E-state index >= 15 is 0 Å². The van der Waals surface area contributed by atoms with Crippen LogP contribution in [0.3, 0.4) is 0 Å². The minimum Gasteiger partial charge on any atom is -0.479 e. The molecule has 0 saturated carbocycles. The van der Waals surface area contributed by atoms with Gasteiger partial charge in [-0.05, 0) is 27.3 Å². The summed E-state index contributed by atoms with van der Waals surface area (Å²) in [7, 11) is 1.90. The maximum atomic E-state index is 10.2. The monoisotopic (exact) mass is 175 g/mol. The molecule has 0 heterocycles. The maximum absolute atomic E-state index is 10.2. The summed E-state index contributed by atoms with van der Waals surface area (Å²) in [4.78, 5) is 12.2. The van der Waals surface area contributed by atoms with E-state index in [1.165, 1.54) is 0 Å². The van der Waals surface area contributed by atoms with Crippen LogP contribution in [0, 0.1) is 0 Å². The molecular formula is C8H17NO3. The van der Waals surface area contributed by atoms with Crippen LogP contribution in [0.2, 0.25) is 0 Å². The van der Waals surface area contributed by atoms with E-state index in [0.29, 0.717) is 12.6 Å². The third-order valence-corrected chi connectivity index (χ3v) is 1.92. The van der Waals surface area contributed by atoms with Gasteiger partial charge in [0.15, 0.2) is 6.10 Å². The lowest BCUT2D eigenvalue weighted by Gasteiger charge is -2.21. The lowest BCUT2D eigenvalue weighted by atomic mass is 10.2. The Morgan fingerprint density at radius 3 is 2.33 bits per heavy atom. The zero-order chi connectivity index (χ0) is 9.72. The Labute approximate surface area is 72.8 Å². The predicted octanol–water partition coefficient (Wildman–Crippen LogP) is 0.162. The molecule has 0 aliphatic carbocycles. The Kier molecular flexibility index (Phi) is 4.85. The second kappa shape index (κ2) is 5.11. The SMILES string of the molecule is CC(C)N(C)CCC(O)C(=O)O. The van der Waals surface area contributed by atoms with E-state index in [2.05, 4.69) is 0 Å². The first-order valence-electron chi connectivity index (χ1n) is 4.06. The molecule has 0 aliphatic heterocycles. The summed E-state index contributed by atoms with van der Waals surface area (Å²) in [5.41, 5.74) is 0. The van der Waals surface area contributed by atoms with Gasteiger partial charge in [-0.15, -0.1) is 0 Å². The molecule has 0 aromatic carbocycles. The van der Waals surface area contributed by atoms with Crippen molar-refractivity contribution < 1.29 is 15.0 Å². The summed E-state index contributed by atoms with van der Waals surface area (Å²) >= 11 is 0. The van der Waals surface area contributed by atoms with Crippen LogP contribution in [-0.2, 0) is 4.79 Å². The molecule has 0 amide bonds. The normalized spacial score (nSPS) is 13.8. The van der Waals surface area contributed by atoms with Gasteiger partial charge in [-0.1, -0.05) is 0 Å². The molecule has 0 bridgehead atoms. The molecule has 0 spiro atoms. The van der Waals surface area contributed by atoms with Gasteiger partial charge in [0.2, 0.25) is 0 Å². The van der Waals surface area contributed by atoms with E-state index in [0.717, 1.165) is 0 Å². The van der Waals surface area contributed by atoms with Gasteiger partial charge in [-0.3, -0.25) is 0 Å². The number of carboxylic acid groups (broad SMARTS) is 1. The molecule has 72 valence electrons. The lowest BCUT2D eigenvalue weighted by Crippen LogP contribution is -2.31. The summed E-state index contributed by atoms with van der Waals surface area (Å²) < 4.78 is 0. The number of aliphatic carboxylic acids is 1. The van der Waals surface area contributed by atoms with Crippen LogP contribution in [0.5, 0.6) is 0 Å². The highest BCUT2D eigenvalue weighted by Gasteiger charge is 2.14. The molecule has 0 rings (SSSR count). The summed E-state index contributed by atoms with van der Waals surface area (Å²) in [5.74, 6) is -1.15. The topological polar surface area (TPSA) is 60.8 Å². The van der Waals surface area contributed by atoms with Gasteiger partial charge in [0.05, 0.1) is 0 Å². The minimum atomic E-state index is -1.23.